The summed E-state index contributed by atoms with van der Waals surface area (Å²) in [4.78, 5) is 27.7. The number of rotatable bonds is 7. The first-order valence-electron chi connectivity index (χ1n) is 8.36. The smallest absolute Gasteiger partial charge is 0.226 e. The highest BCUT2D eigenvalue weighted by Crippen LogP contribution is 2.28. The zero-order chi connectivity index (χ0) is 19.2. The molecule has 0 fully saturated rings. The van der Waals surface area contributed by atoms with Crippen LogP contribution in [0.2, 0.25) is 0 Å². The monoisotopic (exact) mass is 447 g/mol. The van der Waals surface area contributed by atoms with E-state index in [2.05, 4.69) is 31.5 Å². The van der Waals surface area contributed by atoms with E-state index in [9.17, 15) is 9.59 Å². The largest absolute Gasteiger partial charge is 0.492 e. The van der Waals surface area contributed by atoms with Crippen molar-refractivity contribution in [2.75, 3.05) is 17.2 Å². The lowest BCUT2D eigenvalue weighted by molar-refractivity contribution is -0.116. The second-order valence-corrected chi connectivity index (χ2v) is 7.70. The molecule has 0 saturated heterocycles. The van der Waals surface area contributed by atoms with Gasteiger partial charge >= 0.3 is 0 Å². The minimum Gasteiger partial charge on any atom is -0.492 e. The van der Waals surface area contributed by atoms with E-state index in [4.69, 9.17) is 4.74 Å². The minimum atomic E-state index is -0.128. The highest BCUT2D eigenvalue weighted by molar-refractivity contribution is 9.10. The molecule has 2 aromatic carbocycles. The number of hydrogen-bond acceptors (Lipinski definition) is 5. The number of carbonyl (C=O) groups excluding carboxylic acids is 2. The minimum absolute atomic E-state index is 0.105. The van der Waals surface area contributed by atoms with Crippen molar-refractivity contribution in [1.29, 1.82) is 0 Å². The van der Waals surface area contributed by atoms with Crippen LogP contribution in [0.1, 0.15) is 19.8 Å². The van der Waals surface area contributed by atoms with Gasteiger partial charge in [-0.1, -0.05) is 23.5 Å². The second kappa shape index (κ2) is 8.96. The van der Waals surface area contributed by atoms with E-state index in [0.717, 1.165) is 20.4 Å². The number of thiazole rings is 1. The van der Waals surface area contributed by atoms with Crippen molar-refractivity contribution in [1.82, 2.24) is 4.98 Å². The Morgan fingerprint density at radius 3 is 2.78 bits per heavy atom. The van der Waals surface area contributed by atoms with E-state index in [1.54, 1.807) is 6.07 Å². The summed E-state index contributed by atoms with van der Waals surface area (Å²) in [5, 5.41) is 6.10. The van der Waals surface area contributed by atoms with Crippen molar-refractivity contribution in [2.24, 2.45) is 0 Å². The highest BCUT2D eigenvalue weighted by atomic mass is 79.9. The summed E-state index contributed by atoms with van der Waals surface area (Å²) in [6.45, 7) is 1.92. The van der Waals surface area contributed by atoms with Crippen LogP contribution in [-0.4, -0.2) is 23.4 Å². The summed E-state index contributed by atoms with van der Waals surface area (Å²) >= 11 is 4.80. The third-order valence-corrected chi connectivity index (χ3v) is 5.19. The number of fused-ring (bicyclic) bond motifs is 1. The number of nitrogens with zero attached hydrogens (tertiary/aromatic N) is 1. The van der Waals surface area contributed by atoms with Crippen LogP contribution in [0, 0.1) is 0 Å². The summed E-state index contributed by atoms with van der Waals surface area (Å²) in [6.07, 6.45) is 0.947. The van der Waals surface area contributed by atoms with Gasteiger partial charge < -0.3 is 15.4 Å². The molecule has 0 atom stereocenters. The third kappa shape index (κ3) is 5.51. The highest BCUT2D eigenvalue weighted by Gasteiger charge is 2.09. The fraction of sp³-hybridized carbons (Fsp3) is 0.211. The van der Waals surface area contributed by atoms with Gasteiger partial charge in [0, 0.05) is 19.0 Å². The second-order valence-electron chi connectivity index (χ2n) is 5.81. The van der Waals surface area contributed by atoms with Gasteiger partial charge in [0.05, 0.1) is 21.3 Å². The van der Waals surface area contributed by atoms with Gasteiger partial charge in [0.1, 0.15) is 5.75 Å². The molecule has 1 aromatic heterocycles. The summed E-state index contributed by atoms with van der Waals surface area (Å²) in [5.74, 6) is 0.531. The van der Waals surface area contributed by atoms with E-state index >= 15 is 0 Å². The van der Waals surface area contributed by atoms with Gasteiger partial charge in [-0.25, -0.2) is 4.98 Å². The Bertz CT molecular complexity index is 974. The molecule has 3 rings (SSSR count). The van der Waals surface area contributed by atoms with Crippen LogP contribution < -0.4 is 15.4 Å². The molecule has 8 heteroatoms. The van der Waals surface area contributed by atoms with Gasteiger partial charge in [-0.3, -0.25) is 9.59 Å². The zero-order valence-corrected chi connectivity index (χ0v) is 17.0. The molecule has 0 bridgehead atoms. The molecule has 0 radical (unpaired) electrons. The molecule has 140 valence electrons. The van der Waals surface area contributed by atoms with Crippen molar-refractivity contribution in [2.45, 2.75) is 19.8 Å². The quantitative estimate of drug-likeness (QED) is 0.508. The van der Waals surface area contributed by atoms with E-state index < -0.39 is 0 Å². The van der Waals surface area contributed by atoms with Crippen LogP contribution in [0.25, 0.3) is 10.2 Å². The molecule has 0 aliphatic rings. The number of benzene rings is 2. The lowest BCUT2D eigenvalue weighted by atomic mass is 10.3. The normalized spacial score (nSPS) is 10.6. The summed E-state index contributed by atoms with van der Waals surface area (Å²) in [7, 11) is 0. The zero-order valence-electron chi connectivity index (χ0n) is 14.6. The number of amides is 2. The molecular weight excluding hydrogens is 430 g/mol. The maximum Gasteiger partial charge on any atom is 0.226 e. The maximum atomic E-state index is 12.1. The van der Waals surface area contributed by atoms with Crippen LogP contribution in [0.4, 0.5) is 10.8 Å². The number of hydrogen-bond donors (Lipinski definition) is 2. The molecule has 0 aliphatic carbocycles. The fourth-order valence-corrected chi connectivity index (χ4v) is 3.74. The number of aromatic nitrogens is 1. The average Bonchev–Trinajstić information content (AvgIpc) is 3.01. The number of halogens is 1. The molecule has 1 heterocycles. The van der Waals surface area contributed by atoms with E-state index in [0.29, 0.717) is 30.3 Å². The van der Waals surface area contributed by atoms with E-state index in [1.165, 1.54) is 18.3 Å². The van der Waals surface area contributed by atoms with Gasteiger partial charge in [0.2, 0.25) is 11.8 Å². The van der Waals surface area contributed by atoms with E-state index in [1.807, 2.05) is 36.4 Å². The van der Waals surface area contributed by atoms with Gasteiger partial charge in [-0.15, -0.1) is 0 Å². The standard InChI is InChI=1S/C19H18BrN3O3S/c1-12(24)21-13-8-9-15-17(11-13)27-19(22-15)23-18(25)7-4-10-26-16-6-3-2-5-14(16)20/h2-3,5-6,8-9,11H,4,7,10H2,1H3,(H,21,24)(H,22,23,25). The first-order chi connectivity index (χ1) is 13.0. The van der Waals surface area contributed by atoms with Crippen LogP contribution >= 0.6 is 27.3 Å². The Balaban J connectivity index is 1.50. The first-order valence-corrected chi connectivity index (χ1v) is 9.97. The van der Waals surface area contributed by atoms with Crippen LogP contribution in [0.3, 0.4) is 0 Å². The number of para-hydroxylation sites is 1. The fourth-order valence-electron chi connectivity index (χ4n) is 2.42. The summed E-state index contributed by atoms with van der Waals surface area (Å²) < 4.78 is 7.44. The predicted octanol–water partition coefficient (Wildman–Crippen LogP) is 4.81. The van der Waals surface area contributed by atoms with Gasteiger partial charge in [0.25, 0.3) is 0 Å². The molecule has 0 unspecified atom stereocenters. The Kier molecular flexibility index (Phi) is 6.41. The molecule has 27 heavy (non-hydrogen) atoms. The Labute approximate surface area is 169 Å². The molecular formula is C19H18BrN3O3S. The van der Waals surface area contributed by atoms with Gasteiger partial charge in [-0.2, -0.15) is 0 Å². The van der Waals surface area contributed by atoms with Crippen LogP contribution in [0.5, 0.6) is 5.75 Å². The summed E-state index contributed by atoms with van der Waals surface area (Å²) in [6, 6.07) is 13.0. The number of nitrogens with one attached hydrogen (secondary N) is 2. The molecule has 3 aromatic rings. The number of anilines is 2. The topological polar surface area (TPSA) is 80.3 Å². The van der Waals surface area contributed by atoms with Gasteiger partial charge in [-0.05, 0) is 52.7 Å². The molecule has 2 N–H and O–H groups in total. The van der Waals surface area contributed by atoms with Gasteiger partial charge in [0.15, 0.2) is 5.13 Å². The van der Waals surface area contributed by atoms with E-state index in [-0.39, 0.29) is 11.8 Å². The van der Waals surface area contributed by atoms with Crippen molar-refractivity contribution in [3.63, 3.8) is 0 Å². The van der Waals surface area contributed by atoms with Crippen LogP contribution in [-0.2, 0) is 9.59 Å². The molecule has 0 saturated carbocycles. The van der Waals surface area contributed by atoms with Crippen molar-refractivity contribution in [3.8, 4) is 5.75 Å². The van der Waals surface area contributed by atoms with Crippen molar-refractivity contribution in [3.05, 3.63) is 46.9 Å². The predicted molar refractivity (Wildman–Crippen MR) is 111 cm³/mol. The SMILES string of the molecule is CC(=O)Nc1ccc2nc(NC(=O)CCCOc3ccccc3Br)sc2c1. The van der Waals surface area contributed by atoms with Crippen LogP contribution in [0.15, 0.2) is 46.9 Å². The molecule has 6 nitrogen and oxygen atoms in total. The summed E-state index contributed by atoms with van der Waals surface area (Å²) in [5.41, 5.74) is 1.49. The Hall–Kier alpha value is -2.45. The lowest BCUT2D eigenvalue weighted by Gasteiger charge is -2.07. The number of ether oxygens (including phenoxy) is 1. The maximum absolute atomic E-state index is 12.1. The number of carbonyl (C=O) groups is 2. The molecule has 2 amide bonds. The van der Waals surface area contributed by atoms with Crippen molar-refractivity contribution >= 4 is 60.1 Å². The van der Waals surface area contributed by atoms with Crippen molar-refractivity contribution < 1.29 is 14.3 Å². The first kappa shape index (κ1) is 19.3. The Morgan fingerprint density at radius 1 is 1.19 bits per heavy atom. The average molecular weight is 448 g/mol. The molecule has 0 aliphatic heterocycles. The third-order valence-electron chi connectivity index (χ3n) is 3.60. The Morgan fingerprint density at radius 2 is 2.00 bits per heavy atom. The molecule has 0 spiro atoms. The lowest BCUT2D eigenvalue weighted by Crippen LogP contribution is -2.12.